The van der Waals surface area contributed by atoms with Crippen LogP contribution in [0.4, 0.5) is 0 Å². The highest BCUT2D eigenvalue weighted by Crippen LogP contribution is 2.22. The number of imidazole rings is 1. The van der Waals surface area contributed by atoms with Gasteiger partial charge in [-0.2, -0.15) is 11.3 Å². The van der Waals surface area contributed by atoms with Crippen LogP contribution in [0.2, 0.25) is 0 Å². The van der Waals surface area contributed by atoms with E-state index >= 15 is 0 Å². The number of thiophene rings is 1. The van der Waals surface area contributed by atoms with Crippen molar-refractivity contribution in [2.75, 3.05) is 6.54 Å². The number of rotatable bonds is 4. The summed E-state index contributed by atoms with van der Waals surface area (Å²) in [5, 5.41) is 16.9. The van der Waals surface area contributed by atoms with Crippen LogP contribution in [0.1, 0.15) is 22.8 Å². The molecule has 0 aliphatic heterocycles. The van der Waals surface area contributed by atoms with E-state index in [1.165, 1.54) is 15.9 Å². The molecule has 2 aromatic heterocycles. The van der Waals surface area contributed by atoms with Crippen LogP contribution >= 0.6 is 11.3 Å². The zero-order valence-electron chi connectivity index (χ0n) is 12.8. The average Bonchev–Trinajstić information content (AvgIpc) is 3.15. The van der Waals surface area contributed by atoms with Gasteiger partial charge in [0, 0.05) is 12.6 Å². The highest BCUT2D eigenvalue weighted by molar-refractivity contribution is 7.08. The summed E-state index contributed by atoms with van der Waals surface area (Å²) < 4.78 is 1.45. The Hall–Kier alpha value is -2.38. The first kappa shape index (κ1) is 15.5. The summed E-state index contributed by atoms with van der Waals surface area (Å²) in [6.45, 7) is 1.76. The van der Waals surface area contributed by atoms with Gasteiger partial charge < -0.3 is 15.4 Å². The monoisotopic (exact) mass is 331 g/mol. The van der Waals surface area contributed by atoms with E-state index in [2.05, 4.69) is 10.3 Å². The lowest BCUT2D eigenvalue weighted by Gasteiger charge is -2.22. The van der Waals surface area contributed by atoms with E-state index < -0.39 is 5.60 Å². The summed E-state index contributed by atoms with van der Waals surface area (Å²) in [4.78, 5) is 26.6. The summed E-state index contributed by atoms with van der Waals surface area (Å²) >= 11 is 1.49. The number of aromatic amines is 1. The van der Waals surface area contributed by atoms with Crippen molar-refractivity contribution < 1.29 is 9.90 Å². The smallest absolute Gasteiger partial charge is 0.326 e. The first-order chi connectivity index (χ1) is 10.9. The summed E-state index contributed by atoms with van der Waals surface area (Å²) in [5.74, 6) is -0.295. The van der Waals surface area contributed by atoms with Crippen molar-refractivity contribution in [3.05, 3.63) is 56.6 Å². The standard InChI is InChI=1S/C16H17N3O3S/c1-16(22,11-5-6-23-8-11)9-17-14(20)10-3-4-12-13(7-10)19(2)15(21)18-12/h3-8,22H,9H2,1-2H3,(H,17,20)(H,18,21). The second kappa shape index (κ2) is 5.68. The number of fused-ring (bicyclic) bond motifs is 1. The second-order valence-electron chi connectivity index (χ2n) is 5.69. The number of benzene rings is 1. The molecule has 0 fully saturated rings. The van der Waals surface area contributed by atoms with E-state index in [1.54, 1.807) is 32.2 Å². The third-order valence-corrected chi connectivity index (χ3v) is 4.59. The Balaban J connectivity index is 1.78. The van der Waals surface area contributed by atoms with Gasteiger partial charge in [0.25, 0.3) is 5.91 Å². The molecule has 3 aromatic rings. The molecule has 120 valence electrons. The third kappa shape index (κ3) is 2.93. The van der Waals surface area contributed by atoms with Gasteiger partial charge in [0.1, 0.15) is 5.60 Å². The molecule has 0 spiro atoms. The molecule has 6 nitrogen and oxygen atoms in total. The summed E-state index contributed by atoms with van der Waals surface area (Å²) in [7, 11) is 1.64. The first-order valence-corrected chi connectivity index (χ1v) is 8.05. The molecule has 0 saturated heterocycles. The minimum absolute atomic E-state index is 0.104. The number of H-pyrrole nitrogens is 1. The maximum absolute atomic E-state index is 12.3. The molecule has 1 unspecified atom stereocenters. The number of hydrogen-bond donors (Lipinski definition) is 3. The van der Waals surface area contributed by atoms with E-state index in [0.717, 1.165) is 5.56 Å². The van der Waals surface area contributed by atoms with Crippen LogP contribution in [0.3, 0.4) is 0 Å². The van der Waals surface area contributed by atoms with Crippen LogP contribution in [0.25, 0.3) is 11.0 Å². The van der Waals surface area contributed by atoms with Crippen molar-refractivity contribution in [2.45, 2.75) is 12.5 Å². The Morgan fingerprint density at radius 3 is 2.91 bits per heavy atom. The van der Waals surface area contributed by atoms with Crippen LogP contribution in [0.5, 0.6) is 0 Å². The fraction of sp³-hybridized carbons (Fsp3) is 0.250. The normalized spacial score (nSPS) is 13.9. The average molecular weight is 331 g/mol. The van der Waals surface area contributed by atoms with Gasteiger partial charge in [0.05, 0.1) is 17.6 Å². The van der Waals surface area contributed by atoms with Crippen molar-refractivity contribution in [3.8, 4) is 0 Å². The van der Waals surface area contributed by atoms with Crippen molar-refractivity contribution in [1.29, 1.82) is 0 Å². The van der Waals surface area contributed by atoms with Crippen molar-refractivity contribution in [3.63, 3.8) is 0 Å². The molecule has 0 saturated carbocycles. The van der Waals surface area contributed by atoms with Crippen molar-refractivity contribution in [2.24, 2.45) is 7.05 Å². The number of aromatic nitrogens is 2. The van der Waals surface area contributed by atoms with Crippen LogP contribution in [-0.2, 0) is 12.6 Å². The molecule has 3 N–H and O–H groups in total. The van der Waals surface area contributed by atoms with Gasteiger partial charge in [-0.3, -0.25) is 9.36 Å². The van der Waals surface area contributed by atoms with Gasteiger partial charge in [-0.25, -0.2) is 4.79 Å². The van der Waals surface area contributed by atoms with Gasteiger partial charge in [-0.15, -0.1) is 0 Å². The molecule has 0 aliphatic rings. The van der Waals surface area contributed by atoms with Crippen molar-refractivity contribution >= 4 is 28.3 Å². The molecule has 1 aromatic carbocycles. The Labute approximate surface area is 136 Å². The molecule has 7 heteroatoms. The maximum atomic E-state index is 12.3. The number of carbonyl (C=O) groups is 1. The fourth-order valence-corrected chi connectivity index (χ4v) is 3.17. The maximum Gasteiger partial charge on any atom is 0.326 e. The topological polar surface area (TPSA) is 87.1 Å². The number of carbonyl (C=O) groups excluding carboxylic acids is 1. The molecule has 3 rings (SSSR count). The lowest BCUT2D eigenvalue weighted by Crippen LogP contribution is -2.38. The number of aryl methyl sites for hydroxylation is 1. The zero-order chi connectivity index (χ0) is 16.6. The number of hydrogen-bond acceptors (Lipinski definition) is 4. The zero-order valence-corrected chi connectivity index (χ0v) is 13.6. The van der Waals surface area contributed by atoms with Gasteiger partial charge in [-0.05, 0) is 47.5 Å². The molecule has 0 bridgehead atoms. The predicted molar refractivity (Wildman–Crippen MR) is 89.8 cm³/mol. The molecule has 23 heavy (non-hydrogen) atoms. The van der Waals surface area contributed by atoms with Gasteiger partial charge in [-0.1, -0.05) is 0 Å². The van der Waals surface area contributed by atoms with Gasteiger partial charge >= 0.3 is 5.69 Å². The lowest BCUT2D eigenvalue weighted by molar-refractivity contribution is 0.0530. The quantitative estimate of drug-likeness (QED) is 0.678. The SMILES string of the molecule is Cn1c(=O)[nH]c2ccc(C(=O)NCC(C)(O)c3ccsc3)cc21. The lowest BCUT2D eigenvalue weighted by atomic mass is 9.99. The Bertz CT molecular complexity index is 906. The molecular formula is C16H17N3O3S. The Kier molecular flexibility index (Phi) is 3.83. The summed E-state index contributed by atoms with van der Waals surface area (Å²) in [5.41, 5.74) is 1.20. The highest BCUT2D eigenvalue weighted by Gasteiger charge is 2.24. The van der Waals surface area contributed by atoms with Crippen LogP contribution in [0, 0.1) is 0 Å². The van der Waals surface area contributed by atoms with E-state index in [9.17, 15) is 14.7 Å². The Morgan fingerprint density at radius 2 is 2.22 bits per heavy atom. The predicted octanol–water partition coefficient (Wildman–Crippen LogP) is 1.57. The van der Waals surface area contributed by atoms with E-state index in [0.29, 0.717) is 16.6 Å². The van der Waals surface area contributed by atoms with Crippen LogP contribution < -0.4 is 11.0 Å². The molecular weight excluding hydrogens is 314 g/mol. The van der Waals surface area contributed by atoms with Crippen LogP contribution in [-0.4, -0.2) is 27.1 Å². The van der Waals surface area contributed by atoms with Crippen molar-refractivity contribution in [1.82, 2.24) is 14.9 Å². The molecule has 1 atom stereocenters. The first-order valence-electron chi connectivity index (χ1n) is 7.10. The third-order valence-electron chi connectivity index (χ3n) is 3.90. The number of amides is 1. The molecule has 1 amide bonds. The number of nitrogens with zero attached hydrogens (tertiary/aromatic N) is 1. The Morgan fingerprint density at radius 1 is 1.43 bits per heavy atom. The largest absolute Gasteiger partial charge is 0.384 e. The second-order valence-corrected chi connectivity index (χ2v) is 6.47. The molecule has 0 radical (unpaired) electrons. The van der Waals surface area contributed by atoms with E-state index in [1.807, 2.05) is 16.8 Å². The van der Waals surface area contributed by atoms with E-state index in [4.69, 9.17) is 0 Å². The fourth-order valence-electron chi connectivity index (χ4n) is 2.39. The minimum atomic E-state index is -1.12. The number of nitrogens with one attached hydrogen (secondary N) is 2. The summed E-state index contributed by atoms with van der Waals surface area (Å²) in [6.07, 6.45) is 0. The van der Waals surface area contributed by atoms with Crippen LogP contribution in [0.15, 0.2) is 39.8 Å². The highest BCUT2D eigenvalue weighted by atomic mass is 32.1. The van der Waals surface area contributed by atoms with Gasteiger partial charge in [0.15, 0.2) is 0 Å². The van der Waals surface area contributed by atoms with E-state index in [-0.39, 0.29) is 18.1 Å². The minimum Gasteiger partial charge on any atom is -0.384 e. The van der Waals surface area contributed by atoms with Gasteiger partial charge in [0.2, 0.25) is 0 Å². The summed E-state index contributed by atoms with van der Waals surface area (Å²) in [6, 6.07) is 6.83. The molecule has 2 heterocycles. The number of aliphatic hydroxyl groups is 1. The molecule has 0 aliphatic carbocycles.